The lowest BCUT2D eigenvalue weighted by atomic mass is 9.43. The van der Waals surface area contributed by atoms with E-state index in [1.807, 2.05) is 6.07 Å². The predicted molar refractivity (Wildman–Crippen MR) is 95.3 cm³/mol. The third kappa shape index (κ3) is 2.72. The fraction of sp³-hybridized carbons (Fsp3) is 0.714. The molecule has 3 aliphatic rings. The van der Waals surface area contributed by atoms with Gasteiger partial charge in [-0.1, -0.05) is 13.8 Å². The number of ether oxygens (including phenoxy) is 2. The van der Waals surface area contributed by atoms with Gasteiger partial charge in [0.15, 0.2) is 0 Å². The Hall–Kier alpha value is -1.82. The fourth-order valence-electron chi connectivity index (χ4n) is 6.31. The van der Waals surface area contributed by atoms with Crippen LogP contribution in [-0.2, 0) is 19.1 Å². The maximum absolute atomic E-state index is 12.9. The first-order valence-electron chi connectivity index (χ1n) is 9.78. The molecular weight excluding hydrogens is 348 g/mol. The molecule has 27 heavy (non-hydrogen) atoms. The molecule has 148 valence electrons. The molecule has 1 N–H and O–H groups in total. The highest BCUT2D eigenvalue weighted by Crippen LogP contribution is 2.65. The molecule has 7 atom stereocenters. The summed E-state index contributed by atoms with van der Waals surface area (Å²) in [5.41, 5.74) is 0.213. The molecular formula is C21H28O6. The number of cyclic esters (lactones) is 1. The van der Waals surface area contributed by atoms with E-state index in [1.165, 1.54) is 7.11 Å². The lowest BCUT2D eigenvalue weighted by Gasteiger charge is -2.62. The van der Waals surface area contributed by atoms with Crippen LogP contribution in [0.25, 0.3) is 0 Å². The number of carbonyl (C=O) groups is 2. The topological polar surface area (TPSA) is 86.0 Å². The lowest BCUT2D eigenvalue weighted by molar-refractivity contribution is -0.210. The monoisotopic (exact) mass is 376 g/mol. The Morgan fingerprint density at radius 1 is 1.30 bits per heavy atom. The molecule has 0 amide bonds. The van der Waals surface area contributed by atoms with Crippen molar-refractivity contribution in [3.8, 4) is 0 Å². The summed E-state index contributed by atoms with van der Waals surface area (Å²) in [4.78, 5) is 25.4. The Bertz CT molecular complexity index is 727. The fourth-order valence-corrected chi connectivity index (χ4v) is 6.31. The van der Waals surface area contributed by atoms with Crippen molar-refractivity contribution >= 4 is 11.9 Å². The molecule has 6 heteroatoms. The van der Waals surface area contributed by atoms with Gasteiger partial charge in [-0.15, -0.1) is 0 Å². The molecule has 1 aromatic heterocycles. The highest BCUT2D eigenvalue weighted by atomic mass is 16.5. The van der Waals surface area contributed by atoms with Gasteiger partial charge in [-0.3, -0.25) is 9.59 Å². The van der Waals surface area contributed by atoms with Crippen molar-refractivity contribution in [1.29, 1.82) is 0 Å². The van der Waals surface area contributed by atoms with Crippen LogP contribution in [0.4, 0.5) is 0 Å². The van der Waals surface area contributed by atoms with Crippen molar-refractivity contribution in [2.45, 2.75) is 58.2 Å². The quantitative estimate of drug-likeness (QED) is 0.798. The van der Waals surface area contributed by atoms with E-state index in [1.54, 1.807) is 12.5 Å². The van der Waals surface area contributed by atoms with Gasteiger partial charge in [0.1, 0.15) is 6.10 Å². The molecule has 0 bridgehead atoms. The van der Waals surface area contributed by atoms with E-state index < -0.39 is 6.10 Å². The second-order valence-electron chi connectivity index (χ2n) is 9.04. The third-order valence-electron chi connectivity index (χ3n) is 7.74. The Morgan fingerprint density at radius 2 is 2.07 bits per heavy atom. The van der Waals surface area contributed by atoms with Crippen LogP contribution in [0, 0.1) is 28.6 Å². The molecule has 0 unspecified atom stereocenters. The van der Waals surface area contributed by atoms with Crippen molar-refractivity contribution in [2.75, 3.05) is 7.11 Å². The minimum absolute atomic E-state index is 0.0406. The molecule has 2 saturated carbocycles. The third-order valence-corrected chi connectivity index (χ3v) is 7.74. The molecule has 4 rings (SSSR count). The lowest BCUT2D eigenvalue weighted by Crippen LogP contribution is -2.60. The number of aliphatic hydroxyl groups excluding tert-OH is 1. The number of hydrogen-bond donors (Lipinski definition) is 1. The van der Waals surface area contributed by atoms with Crippen molar-refractivity contribution < 1.29 is 28.6 Å². The van der Waals surface area contributed by atoms with Gasteiger partial charge in [0, 0.05) is 5.56 Å². The van der Waals surface area contributed by atoms with Crippen molar-refractivity contribution in [3.63, 3.8) is 0 Å². The van der Waals surface area contributed by atoms with Crippen LogP contribution in [0.1, 0.15) is 57.6 Å². The van der Waals surface area contributed by atoms with Crippen LogP contribution in [0.2, 0.25) is 0 Å². The number of methoxy groups -OCH3 is 1. The van der Waals surface area contributed by atoms with E-state index in [0.29, 0.717) is 25.7 Å². The first-order chi connectivity index (χ1) is 12.8. The van der Waals surface area contributed by atoms with Gasteiger partial charge in [-0.2, -0.15) is 0 Å². The standard InChI is InChI=1S/C21H28O6/c1-20-6-4-14-19(24)27-16(12-5-7-26-11-12)10-21(14,2)17(20)9-13(22)8-15(20)18(23)25-3/h5,7,11,13-17,22H,4,6,8-10H2,1-3H3/t13-,14-,15-,16-,17-,20-,21-/m0/s1. The number of esters is 2. The summed E-state index contributed by atoms with van der Waals surface area (Å²) in [5, 5.41) is 10.6. The Morgan fingerprint density at radius 3 is 2.74 bits per heavy atom. The van der Waals surface area contributed by atoms with Crippen LogP contribution in [0.3, 0.4) is 0 Å². The van der Waals surface area contributed by atoms with Gasteiger partial charge in [-0.05, 0) is 54.9 Å². The Kier molecular flexibility index (Phi) is 4.37. The van der Waals surface area contributed by atoms with E-state index >= 15 is 0 Å². The van der Waals surface area contributed by atoms with Gasteiger partial charge in [0.2, 0.25) is 0 Å². The maximum Gasteiger partial charge on any atom is 0.310 e. The summed E-state index contributed by atoms with van der Waals surface area (Å²) in [5.74, 6) is -0.944. The molecule has 2 aliphatic carbocycles. The van der Waals surface area contributed by atoms with Gasteiger partial charge in [0.05, 0.1) is 37.6 Å². The molecule has 2 heterocycles. The van der Waals surface area contributed by atoms with Gasteiger partial charge in [-0.25, -0.2) is 0 Å². The van der Waals surface area contributed by atoms with Crippen LogP contribution in [-0.4, -0.2) is 30.3 Å². The van der Waals surface area contributed by atoms with Gasteiger partial charge in [0.25, 0.3) is 0 Å². The molecule has 1 saturated heterocycles. The van der Waals surface area contributed by atoms with Crippen LogP contribution < -0.4 is 0 Å². The molecule has 0 aromatic carbocycles. The number of aliphatic hydroxyl groups is 1. The van der Waals surface area contributed by atoms with E-state index in [2.05, 4.69) is 13.8 Å². The van der Waals surface area contributed by atoms with E-state index in [4.69, 9.17) is 13.9 Å². The number of hydrogen-bond acceptors (Lipinski definition) is 6. The van der Waals surface area contributed by atoms with Gasteiger partial charge < -0.3 is 19.0 Å². The molecule has 6 nitrogen and oxygen atoms in total. The average Bonchev–Trinajstić information content (AvgIpc) is 3.16. The maximum atomic E-state index is 12.9. The summed E-state index contributed by atoms with van der Waals surface area (Å²) >= 11 is 0. The number of fused-ring (bicyclic) bond motifs is 3. The zero-order valence-corrected chi connectivity index (χ0v) is 16.1. The number of carbonyl (C=O) groups excluding carboxylic acids is 2. The Labute approximate surface area is 159 Å². The second-order valence-corrected chi connectivity index (χ2v) is 9.04. The first-order valence-corrected chi connectivity index (χ1v) is 9.78. The van der Waals surface area contributed by atoms with E-state index in [9.17, 15) is 14.7 Å². The minimum atomic E-state index is -0.562. The van der Waals surface area contributed by atoms with Crippen LogP contribution in [0.15, 0.2) is 23.0 Å². The Balaban J connectivity index is 1.73. The highest BCUT2D eigenvalue weighted by Gasteiger charge is 2.64. The predicted octanol–water partition coefficient (Wildman–Crippen LogP) is 3.25. The molecule has 0 spiro atoms. The SMILES string of the molecule is COC(=O)[C@@H]1C[C@H](O)C[C@H]2[C@@]1(C)CC[C@H]1C(=O)O[C@H](c3ccoc3)C[C@]21C. The summed E-state index contributed by atoms with van der Waals surface area (Å²) in [6.45, 7) is 4.28. The molecule has 1 aromatic rings. The molecule has 1 aliphatic heterocycles. The van der Waals surface area contributed by atoms with Crippen molar-refractivity contribution in [3.05, 3.63) is 24.2 Å². The second kappa shape index (κ2) is 6.36. The molecule has 0 radical (unpaired) electrons. The normalized spacial score (nSPS) is 44.0. The summed E-state index contributed by atoms with van der Waals surface area (Å²) in [7, 11) is 1.40. The summed E-state index contributed by atoms with van der Waals surface area (Å²) < 4.78 is 16.0. The average molecular weight is 376 g/mol. The minimum Gasteiger partial charge on any atom is -0.472 e. The van der Waals surface area contributed by atoms with Gasteiger partial charge >= 0.3 is 11.9 Å². The number of furan rings is 1. The first kappa shape index (κ1) is 18.5. The summed E-state index contributed by atoms with van der Waals surface area (Å²) in [6.07, 6.45) is 5.45. The number of rotatable bonds is 2. The summed E-state index contributed by atoms with van der Waals surface area (Å²) in [6, 6.07) is 1.83. The zero-order valence-electron chi connectivity index (χ0n) is 16.1. The molecule has 3 fully saturated rings. The van der Waals surface area contributed by atoms with Crippen molar-refractivity contribution in [1.82, 2.24) is 0 Å². The van der Waals surface area contributed by atoms with Crippen LogP contribution >= 0.6 is 0 Å². The van der Waals surface area contributed by atoms with E-state index in [-0.39, 0.29) is 46.6 Å². The largest absolute Gasteiger partial charge is 0.472 e. The van der Waals surface area contributed by atoms with E-state index in [0.717, 1.165) is 12.0 Å². The highest BCUT2D eigenvalue weighted by molar-refractivity contribution is 5.76. The van der Waals surface area contributed by atoms with Crippen molar-refractivity contribution in [2.24, 2.45) is 28.6 Å². The zero-order chi connectivity index (χ0) is 19.4. The smallest absolute Gasteiger partial charge is 0.310 e. The van der Waals surface area contributed by atoms with Crippen LogP contribution in [0.5, 0.6) is 0 Å².